The van der Waals surface area contributed by atoms with Crippen molar-refractivity contribution in [3.63, 3.8) is 0 Å². The van der Waals surface area contributed by atoms with E-state index in [9.17, 15) is 18.0 Å². The van der Waals surface area contributed by atoms with Crippen LogP contribution in [0.4, 0.5) is 19.0 Å². The second-order valence-corrected chi connectivity index (χ2v) is 5.01. The number of amides is 1. The SMILES string of the molecule is COc1cccnc1NC(=O)c1ccc(-c2noc(C(F)(F)F)n2)cc1. The van der Waals surface area contributed by atoms with Gasteiger partial charge in [-0.25, -0.2) is 4.98 Å². The van der Waals surface area contributed by atoms with Crippen molar-refractivity contribution < 1.29 is 27.2 Å². The van der Waals surface area contributed by atoms with Crippen molar-refractivity contribution in [3.05, 3.63) is 54.0 Å². The Kier molecular flexibility index (Phi) is 4.57. The first-order chi connectivity index (χ1) is 12.4. The van der Waals surface area contributed by atoms with Gasteiger partial charge in [-0.05, 0) is 24.3 Å². The van der Waals surface area contributed by atoms with Crippen molar-refractivity contribution in [1.29, 1.82) is 0 Å². The molecule has 0 aliphatic heterocycles. The maximum atomic E-state index is 12.5. The van der Waals surface area contributed by atoms with Crippen LogP contribution >= 0.6 is 0 Å². The van der Waals surface area contributed by atoms with Crippen LogP contribution in [0.1, 0.15) is 16.2 Å². The molecule has 10 heteroatoms. The summed E-state index contributed by atoms with van der Waals surface area (Å²) >= 11 is 0. The van der Waals surface area contributed by atoms with Crippen LogP contribution in [0.3, 0.4) is 0 Å². The number of hydrogen-bond donors (Lipinski definition) is 1. The van der Waals surface area contributed by atoms with Gasteiger partial charge in [0, 0.05) is 17.3 Å². The molecule has 0 atom stereocenters. The highest BCUT2D eigenvalue weighted by atomic mass is 19.4. The monoisotopic (exact) mass is 364 g/mol. The summed E-state index contributed by atoms with van der Waals surface area (Å²) in [6, 6.07) is 8.96. The van der Waals surface area contributed by atoms with Gasteiger partial charge in [-0.3, -0.25) is 4.79 Å². The number of anilines is 1. The standard InChI is InChI=1S/C16H11F3N4O3/c1-25-11-3-2-8-20-13(11)21-14(24)10-6-4-9(5-7-10)12-22-15(26-23-12)16(17,18)19/h2-8H,1H3,(H,20,21,24). The molecule has 1 aromatic carbocycles. The molecule has 134 valence electrons. The van der Waals surface area contributed by atoms with Crippen LogP contribution in [0, 0.1) is 0 Å². The van der Waals surface area contributed by atoms with Crippen LogP contribution in [0.15, 0.2) is 47.1 Å². The number of nitrogens with zero attached hydrogens (tertiary/aromatic N) is 3. The molecule has 2 heterocycles. The van der Waals surface area contributed by atoms with Crippen LogP contribution in [-0.2, 0) is 6.18 Å². The van der Waals surface area contributed by atoms with Crippen molar-refractivity contribution in [2.24, 2.45) is 0 Å². The predicted octanol–water partition coefficient (Wildman–Crippen LogP) is 3.41. The van der Waals surface area contributed by atoms with Crippen molar-refractivity contribution in [2.45, 2.75) is 6.18 Å². The van der Waals surface area contributed by atoms with Crippen molar-refractivity contribution in [2.75, 3.05) is 12.4 Å². The number of pyridine rings is 1. The molecule has 0 unspecified atom stereocenters. The fraction of sp³-hybridized carbons (Fsp3) is 0.125. The Labute approximate surface area is 144 Å². The Morgan fingerprint density at radius 3 is 2.54 bits per heavy atom. The molecule has 0 saturated carbocycles. The minimum atomic E-state index is -4.72. The van der Waals surface area contributed by atoms with Crippen molar-refractivity contribution in [3.8, 4) is 17.1 Å². The first kappa shape index (κ1) is 17.4. The van der Waals surface area contributed by atoms with Gasteiger partial charge in [0.25, 0.3) is 5.91 Å². The highest BCUT2D eigenvalue weighted by Crippen LogP contribution is 2.29. The van der Waals surface area contributed by atoms with Gasteiger partial charge < -0.3 is 14.6 Å². The molecular formula is C16H11F3N4O3. The maximum Gasteiger partial charge on any atom is 0.471 e. The Balaban J connectivity index is 1.77. The molecule has 26 heavy (non-hydrogen) atoms. The number of rotatable bonds is 4. The van der Waals surface area contributed by atoms with Crippen LogP contribution in [0.25, 0.3) is 11.4 Å². The molecule has 0 aliphatic carbocycles. The van der Waals surface area contributed by atoms with Crippen molar-refractivity contribution in [1.82, 2.24) is 15.1 Å². The summed E-state index contributed by atoms with van der Waals surface area (Å²) in [6.45, 7) is 0. The second kappa shape index (κ2) is 6.82. The summed E-state index contributed by atoms with van der Waals surface area (Å²) < 4.78 is 46.7. The number of alkyl halides is 3. The number of nitrogens with one attached hydrogen (secondary N) is 1. The number of ether oxygens (including phenoxy) is 1. The number of halogens is 3. The van der Waals surface area contributed by atoms with Gasteiger partial charge in [-0.1, -0.05) is 17.3 Å². The Morgan fingerprint density at radius 2 is 1.92 bits per heavy atom. The second-order valence-electron chi connectivity index (χ2n) is 5.01. The van der Waals surface area contributed by atoms with Gasteiger partial charge in [0.2, 0.25) is 5.82 Å². The van der Waals surface area contributed by atoms with Gasteiger partial charge in [-0.15, -0.1) is 0 Å². The van der Waals surface area contributed by atoms with E-state index in [2.05, 4.69) is 25.0 Å². The third-order valence-electron chi connectivity index (χ3n) is 3.30. The largest absolute Gasteiger partial charge is 0.493 e. The van der Waals surface area contributed by atoms with E-state index >= 15 is 0 Å². The average molecular weight is 364 g/mol. The molecule has 0 radical (unpaired) electrons. The van der Waals surface area contributed by atoms with Gasteiger partial charge in [0.05, 0.1) is 7.11 Å². The molecule has 0 aliphatic rings. The Hall–Kier alpha value is -3.43. The molecule has 0 saturated heterocycles. The zero-order valence-corrected chi connectivity index (χ0v) is 13.2. The number of hydrogen-bond acceptors (Lipinski definition) is 6. The number of carbonyl (C=O) groups is 1. The van der Waals surface area contributed by atoms with E-state index in [-0.39, 0.29) is 22.8 Å². The fourth-order valence-electron chi connectivity index (χ4n) is 2.06. The third kappa shape index (κ3) is 3.63. The first-order valence-corrected chi connectivity index (χ1v) is 7.20. The first-order valence-electron chi connectivity index (χ1n) is 7.20. The maximum absolute atomic E-state index is 12.5. The van der Waals surface area contributed by atoms with Gasteiger partial charge in [-0.2, -0.15) is 18.2 Å². The normalized spacial score (nSPS) is 11.2. The summed E-state index contributed by atoms with van der Waals surface area (Å²) in [4.78, 5) is 19.6. The lowest BCUT2D eigenvalue weighted by Crippen LogP contribution is -2.13. The molecule has 2 aromatic heterocycles. The van der Waals surface area contributed by atoms with Gasteiger partial charge in [0.1, 0.15) is 0 Å². The zero-order valence-electron chi connectivity index (χ0n) is 13.2. The summed E-state index contributed by atoms with van der Waals surface area (Å²) in [6.07, 6.45) is -3.22. The molecule has 0 spiro atoms. The molecule has 1 N–H and O–H groups in total. The van der Waals surface area contributed by atoms with Gasteiger partial charge in [0.15, 0.2) is 11.6 Å². The molecule has 7 nitrogen and oxygen atoms in total. The molecule has 3 rings (SSSR count). The number of carbonyl (C=O) groups excluding carboxylic acids is 1. The Bertz CT molecular complexity index is 923. The lowest BCUT2D eigenvalue weighted by molar-refractivity contribution is -0.159. The van der Waals surface area contributed by atoms with E-state index in [1.807, 2.05) is 0 Å². The minimum Gasteiger partial charge on any atom is -0.493 e. The minimum absolute atomic E-state index is 0.226. The lowest BCUT2D eigenvalue weighted by Gasteiger charge is -2.08. The summed E-state index contributed by atoms with van der Waals surface area (Å²) in [5, 5.41) is 5.87. The van der Waals surface area contributed by atoms with Gasteiger partial charge >= 0.3 is 12.1 Å². The molecule has 0 fully saturated rings. The fourth-order valence-corrected chi connectivity index (χ4v) is 2.06. The van der Waals surface area contributed by atoms with E-state index in [0.29, 0.717) is 5.75 Å². The van der Waals surface area contributed by atoms with Crippen LogP contribution in [0.5, 0.6) is 5.75 Å². The number of benzene rings is 1. The molecular weight excluding hydrogens is 353 g/mol. The summed E-state index contributed by atoms with van der Waals surface area (Å²) in [5.41, 5.74) is 0.539. The summed E-state index contributed by atoms with van der Waals surface area (Å²) in [5.74, 6) is -1.48. The quantitative estimate of drug-likeness (QED) is 0.763. The zero-order chi connectivity index (χ0) is 18.7. The molecule has 3 aromatic rings. The average Bonchev–Trinajstić information content (AvgIpc) is 3.13. The highest BCUT2D eigenvalue weighted by molar-refractivity contribution is 6.04. The third-order valence-corrected chi connectivity index (χ3v) is 3.30. The molecule has 0 bridgehead atoms. The predicted molar refractivity (Wildman–Crippen MR) is 83.5 cm³/mol. The summed E-state index contributed by atoms with van der Waals surface area (Å²) in [7, 11) is 1.45. The van der Waals surface area contributed by atoms with E-state index < -0.39 is 18.0 Å². The molecule has 1 amide bonds. The van der Waals surface area contributed by atoms with E-state index in [1.54, 1.807) is 12.1 Å². The van der Waals surface area contributed by atoms with Crippen molar-refractivity contribution >= 4 is 11.7 Å². The highest BCUT2D eigenvalue weighted by Gasteiger charge is 2.38. The Morgan fingerprint density at radius 1 is 1.19 bits per heavy atom. The van der Waals surface area contributed by atoms with E-state index in [1.165, 1.54) is 37.6 Å². The van der Waals surface area contributed by atoms with E-state index in [4.69, 9.17) is 4.74 Å². The van der Waals surface area contributed by atoms with Crippen LogP contribution in [0.2, 0.25) is 0 Å². The van der Waals surface area contributed by atoms with E-state index in [0.717, 1.165) is 0 Å². The van der Waals surface area contributed by atoms with Crippen LogP contribution < -0.4 is 10.1 Å². The van der Waals surface area contributed by atoms with Crippen LogP contribution in [-0.4, -0.2) is 28.1 Å². The topological polar surface area (TPSA) is 90.1 Å². The lowest BCUT2D eigenvalue weighted by atomic mass is 10.1. The number of aromatic nitrogens is 3. The number of methoxy groups -OCH3 is 1. The smallest absolute Gasteiger partial charge is 0.471 e.